The quantitative estimate of drug-likeness (QED) is 0.582. The lowest BCUT2D eigenvalue weighted by Gasteiger charge is -2.12. The van der Waals surface area contributed by atoms with Crippen molar-refractivity contribution in [2.24, 2.45) is 5.73 Å². The van der Waals surface area contributed by atoms with Gasteiger partial charge in [-0.05, 0) is 5.56 Å². The Kier molecular flexibility index (Phi) is 5.12. The first-order chi connectivity index (χ1) is 8.09. The monoisotopic (exact) mass is 238 g/mol. The van der Waals surface area contributed by atoms with Gasteiger partial charge in [0.2, 0.25) is 5.91 Å². The highest BCUT2D eigenvalue weighted by Crippen LogP contribution is 2.00. The number of nitrogens with two attached hydrogens (primary N) is 1. The van der Waals surface area contributed by atoms with E-state index in [4.69, 9.17) is 15.7 Å². The maximum Gasteiger partial charge on any atom is 0.323 e. The first-order valence-corrected chi connectivity index (χ1v) is 5.02. The van der Waals surface area contributed by atoms with Crippen LogP contribution in [0.2, 0.25) is 0 Å². The molecule has 0 aromatic heterocycles. The molecule has 6 heteroatoms. The van der Waals surface area contributed by atoms with E-state index in [1.54, 1.807) is 0 Å². The normalized spacial score (nSPS) is 12.0. The summed E-state index contributed by atoms with van der Waals surface area (Å²) in [6.07, 6.45) is -0.315. The van der Waals surface area contributed by atoms with E-state index in [0.717, 1.165) is 5.56 Å². The van der Waals surface area contributed by atoms with Gasteiger partial charge in [-0.1, -0.05) is 30.3 Å². The summed E-state index contributed by atoms with van der Waals surface area (Å²) in [4.78, 5) is 26.3. The molecule has 0 saturated heterocycles. The van der Waals surface area contributed by atoms with Crippen LogP contribution in [0.4, 0.5) is 0 Å². The third-order valence-electron chi connectivity index (χ3n) is 2.01. The Bertz CT molecular complexity index is 380. The number of carboxylic acids is 1. The lowest BCUT2D eigenvalue weighted by atomic mass is 10.2. The molecule has 1 aromatic carbocycles. The maximum absolute atomic E-state index is 10.7. The topological polar surface area (TPSA) is 102 Å². The van der Waals surface area contributed by atoms with Crippen molar-refractivity contribution in [1.82, 2.24) is 5.48 Å². The summed E-state index contributed by atoms with van der Waals surface area (Å²) < 4.78 is 0. The van der Waals surface area contributed by atoms with Crippen LogP contribution in [-0.4, -0.2) is 23.0 Å². The van der Waals surface area contributed by atoms with Crippen molar-refractivity contribution in [3.8, 4) is 0 Å². The van der Waals surface area contributed by atoms with E-state index in [1.807, 2.05) is 30.3 Å². The number of amides is 1. The zero-order chi connectivity index (χ0) is 12.7. The van der Waals surface area contributed by atoms with E-state index in [9.17, 15) is 9.59 Å². The molecule has 0 saturated carbocycles. The van der Waals surface area contributed by atoms with Crippen LogP contribution in [0, 0.1) is 0 Å². The zero-order valence-electron chi connectivity index (χ0n) is 9.13. The van der Waals surface area contributed by atoms with Crippen LogP contribution in [0.15, 0.2) is 30.3 Å². The molecule has 0 fully saturated rings. The fourth-order valence-electron chi connectivity index (χ4n) is 1.18. The summed E-state index contributed by atoms with van der Waals surface area (Å²) in [5, 5.41) is 8.77. The fraction of sp³-hybridized carbons (Fsp3) is 0.273. The van der Waals surface area contributed by atoms with Crippen LogP contribution in [0.5, 0.6) is 0 Å². The summed E-state index contributed by atoms with van der Waals surface area (Å²) in [7, 11) is 0. The van der Waals surface area contributed by atoms with E-state index >= 15 is 0 Å². The van der Waals surface area contributed by atoms with E-state index in [0.29, 0.717) is 0 Å². The van der Waals surface area contributed by atoms with Crippen LogP contribution in [0.1, 0.15) is 12.0 Å². The molecule has 92 valence electrons. The van der Waals surface area contributed by atoms with Gasteiger partial charge in [0.1, 0.15) is 6.04 Å². The van der Waals surface area contributed by atoms with Gasteiger partial charge in [0.25, 0.3) is 0 Å². The molecule has 0 heterocycles. The van der Waals surface area contributed by atoms with Gasteiger partial charge in [-0.2, -0.15) is 5.48 Å². The third-order valence-corrected chi connectivity index (χ3v) is 2.01. The highest BCUT2D eigenvalue weighted by molar-refractivity contribution is 5.83. The second kappa shape index (κ2) is 6.62. The Morgan fingerprint density at radius 1 is 1.35 bits per heavy atom. The van der Waals surface area contributed by atoms with E-state index < -0.39 is 17.9 Å². The summed E-state index contributed by atoms with van der Waals surface area (Å²) in [6, 6.07) is 8.10. The lowest BCUT2D eigenvalue weighted by Crippen LogP contribution is -2.39. The minimum Gasteiger partial charge on any atom is -0.480 e. The number of carbonyl (C=O) groups excluding carboxylic acids is 1. The largest absolute Gasteiger partial charge is 0.480 e. The highest BCUT2D eigenvalue weighted by atomic mass is 16.6. The van der Waals surface area contributed by atoms with Crippen LogP contribution < -0.4 is 11.2 Å². The average Bonchev–Trinajstić information content (AvgIpc) is 2.28. The van der Waals surface area contributed by atoms with Crippen LogP contribution in [0.25, 0.3) is 0 Å². The van der Waals surface area contributed by atoms with Gasteiger partial charge in [0.05, 0.1) is 13.0 Å². The summed E-state index contributed by atoms with van der Waals surface area (Å²) >= 11 is 0. The van der Waals surface area contributed by atoms with E-state index in [1.165, 1.54) is 0 Å². The Balaban J connectivity index is 2.37. The van der Waals surface area contributed by atoms with Crippen molar-refractivity contribution < 1.29 is 19.5 Å². The number of hydrogen-bond donors (Lipinski definition) is 3. The Hall–Kier alpha value is -1.92. The van der Waals surface area contributed by atoms with Gasteiger partial charge in [-0.3, -0.25) is 14.4 Å². The Labute approximate surface area is 98.3 Å². The average molecular weight is 238 g/mol. The predicted octanol–water partition coefficient (Wildman–Crippen LogP) is 0.0364. The number of hydrogen-bond acceptors (Lipinski definition) is 4. The molecule has 0 aliphatic carbocycles. The second-order valence-corrected chi connectivity index (χ2v) is 3.45. The van der Waals surface area contributed by atoms with Crippen molar-refractivity contribution in [2.75, 3.05) is 0 Å². The first-order valence-electron chi connectivity index (χ1n) is 5.02. The fourth-order valence-corrected chi connectivity index (χ4v) is 1.18. The molecule has 4 N–H and O–H groups in total. The zero-order valence-corrected chi connectivity index (χ0v) is 9.13. The highest BCUT2D eigenvalue weighted by Gasteiger charge is 2.19. The smallest absolute Gasteiger partial charge is 0.323 e. The molecule has 1 rings (SSSR count). The van der Waals surface area contributed by atoms with Crippen molar-refractivity contribution in [3.63, 3.8) is 0 Å². The number of carboxylic acid groups (broad SMARTS) is 1. The standard InChI is InChI=1S/C11H14N2O4/c12-10(14)6-9(11(15)16)13-17-7-8-4-2-1-3-5-8/h1-5,9,13H,6-7H2,(H2,12,14)(H,15,16)/t9-/m0/s1. The molecule has 0 unspecified atom stereocenters. The molecule has 1 aromatic rings. The molecule has 1 atom stereocenters. The number of nitrogens with one attached hydrogen (secondary N) is 1. The van der Waals surface area contributed by atoms with Crippen molar-refractivity contribution in [3.05, 3.63) is 35.9 Å². The SMILES string of the molecule is NC(=O)C[C@H](NOCc1ccccc1)C(=O)O. The maximum atomic E-state index is 10.7. The number of primary amides is 1. The number of benzene rings is 1. The van der Waals surface area contributed by atoms with E-state index in [-0.39, 0.29) is 13.0 Å². The molecule has 0 bridgehead atoms. The molecule has 6 nitrogen and oxygen atoms in total. The number of hydroxylamine groups is 1. The minimum atomic E-state index is -1.18. The Morgan fingerprint density at radius 3 is 2.53 bits per heavy atom. The first kappa shape index (κ1) is 13.1. The van der Waals surface area contributed by atoms with Gasteiger partial charge < -0.3 is 10.8 Å². The van der Waals surface area contributed by atoms with Crippen LogP contribution >= 0.6 is 0 Å². The van der Waals surface area contributed by atoms with Gasteiger partial charge >= 0.3 is 5.97 Å². The van der Waals surface area contributed by atoms with Gasteiger partial charge in [-0.25, -0.2) is 0 Å². The molecule has 0 aliphatic heterocycles. The minimum absolute atomic E-state index is 0.212. The molecular weight excluding hydrogens is 224 g/mol. The second-order valence-electron chi connectivity index (χ2n) is 3.45. The third kappa shape index (κ3) is 5.10. The van der Waals surface area contributed by atoms with Gasteiger partial charge in [0.15, 0.2) is 0 Å². The Morgan fingerprint density at radius 2 is 2.00 bits per heavy atom. The van der Waals surface area contributed by atoms with Crippen molar-refractivity contribution >= 4 is 11.9 Å². The summed E-state index contributed by atoms with van der Waals surface area (Å²) in [6.45, 7) is 0.212. The molecule has 0 spiro atoms. The number of carbonyl (C=O) groups is 2. The molecule has 0 radical (unpaired) electrons. The number of aliphatic carboxylic acids is 1. The number of rotatable bonds is 7. The molecule has 17 heavy (non-hydrogen) atoms. The summed E-state index contributed by atoms with van der Waals surface area (Å²) in [5.74, 6) is -1.88. The molecule has 1 amide bonds. The van der Waals surface area contributed by atoms with Crippen LogP contribution in [-0.2, 0) is 21.0 Å². The lowest BCUT2D eigenvalue weighted by molar-refractivity contribution is -0.146. The van der Waals surface area contributed by atoms with Crippen molar-refractivity contribution in [2.45, 2.75) is 19.1 Å². The predicted molar refractivity (Wildman–Crippen MR) is 59.6 cm³/mol. The van der Waals surface area contributed by atoms with E-state index in [2.05, 4.69) is 5.48 Å². The van der Waals surface area contributed by atoms with Gasteiger partial charge in [-0.15, -0.1) is 0 Å². The van der Waals surface area contributed by atoms with Crippen molar-refractivity contribution in [1.29, 1.82) is 0 Å². The van der Waals surface area contributed by atoms with Gasteiger partial charge in [0, 0.05) is 0 Å². The molecular formula is C11H14N2O4. The van der Waals surface area contributed by atoms with Crippen LogP contribution in [0.3, 0.4) is 0 Å². The summed E-state index contributed by atoms with van der Waals surface area (Å²) in [5.41, 5.74) is 8.11. The molecule has 0 aliphatic rings.